The lowest BCUT2D eigenvalue weighted by atomic mass is 10.1. The third-order valence-electron chi connectivity index (χ3n) is 2.32. The van der Waals surface area contributed by atoms with Crippen molar-refractivity contribution >= 4 is 11.9 Å². The molecule has 3 nitrogen and oxygen atoms in total. The molecule has 3 heteroatoms. The van der Waals surface area contributed by atoms with E-state index in [4.69, 9.17) is 5.84 Å². The van der Waals surface area contributed by atoms with Gasteiger partial charge in [-0.3, -0.25) is 4.99 Å². The van der Waals surface area contributed by atoms with Crippen molar-refractivity contribution in [2.75, 3.05) is 7.05 Å². The first kappa shape index (κ1) is 17.5. The minimum absolute atomic E-state index is 0.836. The average Bonchev–Trinajstić information content (AvgIpc) is 2.30. The lowest BCUT2D eigenvalue weighted by molar-refractivity contribution is 0.602. The molecule has 0 saturated heterocycles. The molecule has 0 bridgehead atoms. The van der Waals surface area contributed by atoms with Gasteiger partial charge >= 0.3 is 0 Å². The second-order valence-electron chi connectivity index (χ2n) is 3.91. The molecule has 0 heterocycles. The largest absolute Gasteiger partial charge is 0.323 e. The molecule has 0 spiro atoms. The van der Waals surface area contributed by atoms with Gasteiger partial charge in [0.2, 0.25) is 0 Å². The molecule has 0 rings (SSSR count). The van der Waals surface area contributed by atoms with Crippen LogP contribution in [0.15, 0.2) is 10.1 Å². The fourth-order valence-electron chi connectivity index (χ4n) is 1.20. The smallest absolute Gasteiger partial charge is 0.0673 e. The van der Waals surface area contributed by atoms with Gasteiger partial charge in [0, 0.05) is 7.05 Å². The summed E-state index contributed by atoms with van der Waals surface area (Å²) >= 11 is 0. The van der Waals surface area contributed by atoms with Crippen molar-refractivity contribution in [1.29, 1.82) is 0 Å². The minimum Gasteiger partial charge on any atom is -0.323 e. The molecule has 0 amide bonds. The fourth-order valence-corrected chi connectivity index (χ4v) is 1.20. The van der Waals surface area contributed by atoms with E-state index >= 15 is 0 Å². The predicted octanol–water partition coefficient (Wildman–Crippen LogP) is 3.78. The molecule has 0 aromatic rings. The summed E-state index contributed by atoms with van der Waals surface area (Å²) in [6.07, 6.45) is 11.5. The molecule has 0 aliphatic rings. The van der Waals surface area contributed by atoms with Crippen molar-refractivity contribution in [1.82, 2.24) is 0 Å². The van der Waals surface area contributed by atoms with E-state index < -0.39 is 0 Å². The topological polar surface area (TPSA) is 50.7 Å². The van der Waals surface area contributed by atoms with Crippen molar-refractivity contribution in [3.05, 3.63) is 0 Å². The van der Waals surface area contributed by atoms with Crippen LogP contribution in [-0.4, -0.2) is 19.0 Å². The maximum absolute atomic E-state index is 4.79. The van der Waals surface area contributed by atoms with Crippen molar-refractivity contribution in [3.63, 3.8) is 0 Å². The van der Waals surface area contributed by atoms with Crippen LogP contribution in [0, 0.1) is 0 Å². The summed E-state index contributed by atoms with van der Waals surface area (Å²) in [5.74, 6) is 4.79. The van der Waals surface area contributed by atoms with E-state index in [0.717, 1.165) is 5.71 Å². The third kappa shape index (κ3) is 18.8. The third-order valence-corrected chi connectivity index (χ3v) is 2.32. The zero-order valence-electron chi connectivity index (χ0n) is 11.5. The minimum atomic E-state index is 0.836. The van der Waals surface area contributed by atoms with Gasteiger partial charge in [0.25, 0.3) is 0 Å². The molecule has 0 aliphatic carbocycles. The Bertz CT molecular complexity index is 168. The Morgan fingerprint density at radius 3 is 1.69 bits per heavy atom. The van der Waals surface area contributed by atoms with E-state index in [1.807, 2.05) is 6.92 Å². The molecule has 2 N–H and O–H groups in total. The zero-order chi connectivity index (χ0) is 12.6. The van der Waals surface area contributed by atoms with E-state index in [2.05, 4.69) is 23.9 Å². The van der Waals surface area contributed by atoms with Crippen molar-refractivity contribution in [2.45, 2.75) is 65.7 Å². The highest BCUT2D eigenvalue weighted by Crippen LogP contribution is 2.05. The Morgan fingerprint density at radius 2 is 1.44 bits per heavy atom. The first-order valence-corrected chi connectivity index (χ1v) is 6.39. The number of nitrogens with zero attached hydrogens (tertiary/aromatic N) is 2. The normalized spacial score (nSPS) is 11.4. The Hall–Kier alpha value is -0.860. The van der Waals surface area contributed by atoms with Crippen LogP contribution >= 0.6 is 0 Å². The Balaban J connectivity index is 0. The number of unbranched alkanes of at least 4 members (excludes halogenated alkanes) is 6. The van der Waals surface area contributed by atoms with Crippen molar-refractivity contribution in [3.8, 4) is 0 Å². The van der Waals surface area contributed by atoms with Crippen LogP contribution in [0.5, 0.6) is 0 Å². The van der Waals surface area contributed by atoms with E-state index in [0.29, 0.717) is 0 Å². The summed E-state index contributed by atoms with van der Waals surface area (Å²) in [6.45, 7) is 6.36. The van der Waals surface area contributed by atoms with Crippen LogP contribution in [0.1, 0.15) is 65.7 Å². The van der Waals surface area contributed by atoms with Gasteiger partial charge in [-0.2, -0.15) is 5.10 Å². The fraction of sp³-hybridized carbons (Fsp3) is 0.846. The summed E-state index contributed by atoms with van der Waals surface area (Å²) in [4.78, 5) is 3.77. The molecular formula is C13H29N3. The SMILES string of the molecule is CCCCCCCCC.CN=C(C)/C=N\N. The highest BCUT2D eigenvalue weighted by molar-refractivity contribution is 6.29. The summed E-state index contributed by atoms with van der Waals surface area (Å²) < 4.78 is 0. The van der Waals surface area contributed by atoms with Gasteiger partial charge < -0.3 is 5.84 Å². The van der Waals surface area contributed by atoms with Gasteiger partial charge in [0.05, 0.1) is 11.9 Å². The number of nitrogens with two attached hydrogens (primary N) is 1. The number of hydrogen-bond donors (Lipinski definition) is 1. The Labute approximate surface area is 101 Å². The van der Waals surface area contributed by atoms with Crippen LogP contribution in [0.25, 0.3) is 0 Å². The van der Waals surface area contributed by atoms with Crippen LogP contribution in [-0.2, 0) is 0 Å². The van der Waals surface area contributed by atoms with Gasteiger partial charge in [0.15, 0.2) is 0 Å². The maximum Gasteiger partial charge on any atom is 0.0673 e. The Morgan fingerprint density at radius 1 is 1.00 bits per heavy atom. The molecule has 0 aromatic carbocycles. The van der Waals surface area contributed by atoms with Gasteiger partial charge in [0.1, 0.15) is 0 Å². The molecule has 0 aliphatic heterocycles. The van der Waals surface area contributed by atoms with E-state index in [1.165, 1.54) is 51.2 Å². The summed E-state index contributed by atoms with van der Waals surface area (Å²) in [7, 11) is 1.69. The lowest BCUT2D eigenvalue weighted by Crippen LogP contribution is -1.94. The summed E-state index contributed by atoms with van der Waals surface area (Å²) in [5, 5.41) is 3.25. The zero-order valence-corrected chi connectivity index (χ0v) is 11.5. The van der Waals surface area contributed by atoms with Gasteiger partial charge in [-0.1, -0.05) is 58.8 Å². The standard InChI is InChI=1S/C9H20.C4H9N3/c1-3-5-7-9-8-6-4-2;1-4(6-2)3-7-5/h3-9H2,1-2H3;3H,5H2,1-2H3/b;6-4?,7-3-. The molecule has 16 heavy (non-hydrogen) atoms. The molecule has 0 atom stereocenters. The average molecular weight is 227 g/mol. The molecule has 0 aromatic heterocycles. The van der Waals surface area contributed by atoms with Crippen LogP contribution in [0.2, 0.25) is 0 Å². The number of aliphatic imine (C=N–C) groups is 1. The monoisotopic (exact) mass is 227 g/mol. The first-order valence-electron chi connectivity index (χ1n) is 6.39. The summed E-state index contributed by atoms with van der Waals surface area (Å²) in [5.41, 5.74) is 0.836. The number of rotatable bonds is 7. The molecule has 0 radical (unpaired) electrons. The van der Waals surface area contributed by atoms with Crippen molar-refractivity contribution < 1.29 is 0 Å². The maximum atomic E-state index is 4.79. The van der Waals surface area contributed by atoms with Gasteiger partial charge in [-0.05, 0) is 6.92 Å². The quantitative estimate of drug-likeness (QED) is 0.306. The van der Waals surface area contributed by atoms with Crippen molar-refractivity contribution in [2.24, 2.45) is 15.9 Å². The number of hydrazone groups is 1. The molecule has 0 fully saturated rings. The van der Waals surface area contributed by atoms with E-state index in [9.17, 15) is 0 Å². The Kier molecular flexibility index (Phi) is 18.2. The highest BCUT2D eigenvalue weighted by atomic mass is 15.1. The van der Waals surface area contributed by atoms with Crippen LogP contribution < -0.4 is 5.84 Å². The number of hydrogen-bond acceptors (Lipinski definition) is 3. The summed E-state index contributed by atoms with van der Waals surface area (Å²) in [6, 6.07) is 0. The van der Waals surface area contributed by atoms with E-state index in [-0.39, 0.29) is 0 Å². The van der Waals surface area contributed by atoms with E-state index in [1.54, 1.807) is 7.05 Å². The molecule has 0 unspecified atom stereocenters. The van der Waals surface area contributed by atoms with Gasteiger partial charge in [-0.15, -0.1) is 0 Å². The molecule has 96 valence electrons. The van der Waals surface area contributed by atoms with Crippen LogP contribution in [0.4, 0.5) is 0 Å². The predicted molar refractivity (Wildman–Crippen MR) is 75.4 cm³/mol. The van der Waals surface area contributed by atoms with Gasteiger partial charge in [-0.25, -0.2) is 0 Å². The highest BCUT2D eigenvalue weighted by Gasteiger charge is 1.85. The first-order chi connectivity index (χ1) is 7.72. The lowest BCUT2D eigenvalue weighted by Gasteiger charge is -1.96. The van der Waals surface area contributed by atoms with Crippen LogP contribution in [0.3, 0.4) is 0 Å². The second kappa shape index (κ2) is 16.6. The molecule has 0 saturated carbocycles. The second-order valence-corrected chi connectivity index (χ2v) is 3.91. The molecular weight excluding hydrogens is 198 g/mol.